The lowest BCUT2D eigenvalue weighted by Gasteiger charge is -2.63. The Morgan fingerprint density at radius 2 is 0.846 bits per heavy atom. The Hall–Kier alpha value is 0.780. The summed E-state index contributed by atoms with van der Waals surface area (Å²) >= 11 is 0. The molecular formula is C48H86O2P2. The third-order valence-corrected chi connectivity index (χ3v) is 21.7. The molecule has 8 fully saturated rings. The molecule has 8 saturated carbocycles. The van der Waals surface area contributed by atoms with Gasteiger partial charge in [0.05, 0.1) is 12.2 Å². The van der Waals surface area contributed by atoms with E-state index in [2.05, 4.69) is 88.2 Å². The summed E-state index contributed by atoms with van der Waals surface area (Å²) < 4.78 is 12.4. The predicted molar refractivity (Wildman–Crippen MR) is 228 cm³/mol. The minimum absolute atomic E-state index is 0.494. The highest BCUT2D eigenvalue weighted by atomic mass is 31.0. The number of hydrogen-bond acceptors (Lipinski definition) is 2. The summed E-state index contributed by atoms with van der Waals surface area (Å²) in [6.07, 6.45) is 26.9. The van der Waals surface area contributed by atoms with Crippen LogP contribution in [0.1, 0.15) is 185 Å². The monoisotopic (exact) mass is 757 g/mol. The molecule has 0 aliphatic heterocycles. The molecule has 0 aromatic heterocycles. The third kappa shape index (κ3) is 6.53. The maximum atomic E-state index is 6.18. The summed E-state index contributed by atoms with van der Waals surface area (Å²) in [4.78, 5) is 0. The zero-order valence-corrected chi connectivity index (χ0v) is 38.2. The van der Waals surface area contributed by atoms with Crippen LogP contribution < -0.4 is 0 Å². The van der Waals surface area contributed by atoms with E-state index >= 15 is 0 Å². The van der Waals surface area contributed by atoms with Crippen molar-refractivity contribution in [1.29, 1.82) is 0 Å². The van der Waals surface area contributed by atoms with Gasteiger partial charge in [-0.05, 0) is 194 Å². The molecule has 22 atom stereocenters. The summed E-state index contributed by atoms with van der Waals surface area (Å²) in [7, 11) is 5.35. The van der Waals surface area contributed by atoms with Gasteiger partial charge >= 0.3 is 0 Å². The lowest BCUT2D eigenvalue weighted by molar-refractivity contribution is -0.159. The molecule has 8 aliphatic carbocycles. The van der Waals surface area contributed by atoms with Crippen LogP contribution in [-0.2, 0) is 9.05 Å². The molecule has 8 unspecified atom stereocenters. The molecule has 8 rings (SSSR count). The second-order valence-electron chi connectivity index (χ2n) is 22.8. The molecule has 0 amide bonds. The lowest BCUT2D eigenvalue weighted by Crippen LogP contribution is -2.58. The number of rotatable bonds is 6. The first-order valence-electron chi connectivity index (χ1n) is 23.4. The highest BCUT2D eigenvalue weighted by molar-refractivity contribution is 7.10. The van der Waals surface area contributed by atoms with Gasteiger partial charge in [-0.25, -0.2) is 0 Å². The van der Waals surface area contributed by atoms with Crippen molar-refractivity contribution in [3.63, 3.8) is 0 Å². The van der Waals surface area contributed by atoms with E-state index < -0.39 is 0 Å². The highest BCUT2D eigenvalue weighted by Crippen LogP contribution is 2.71. The second kappa shape index (κ2) is 15.5. The number of fused-ring (bicyclic) bond motifs is 10. The summed E-state index contributed by atoms with van der Waals surface area (Å²) in [6.45, 7) is 25.5. The third-order valence-electron chi connectivity index (χ3n) is 21.0. The Kier molecular flexibility index (Phi) is 12.2. The quantitative estimate of drug-likeness (QED) is 0.251. The van der Waals surface area contributed by atoms with Crippen molar-refractivity contribution in [2.24, 2.45) is 105 Å². The van der Waals surface area contributed by atoms with Crippen LogP contribution in [0.3, 0.4) is 0 Å². The van der Waals surface area contributed by atoms with Gasteiger partial charge in [-0.2, -0.15) is 0 Å². The van der Waals surface area contributed by atoms with Gasteiger partial charge in [0.2, 0.25) is 0 Å². The smallest absolute Gasteiger partial charge is 0.0647 e. The van der Waals surface area contributed by atoms with E-state index in [4.69, 9.17) is 9.05 Å². The molecule has 0 bridgehead atoms. The molecule has 0 radical (unpaired) electrons. The van der Waals surface area contributed by atoms with E-state index in [1.54, 1.807) is 0 Å². The summed E-state index contributed by atoms with van der Waals surface area (Å²) in [5.74, 6) is 12.6. The van der Waals surface area contributed by atoms with Crippen LogP contribution >= 0.6 is 18.9 Å². The van der Waals surface area contributed by atoms with E-state index in [0.29, 0.717) is 33.9 Å². The van der Waals surface area contributed by atoms with Crippen LogP contribution in [0.4, 0.5) is 0 Å². The summed E-state index contributed by atoms with van der Waals surface area (Å²) in [5, 5.41) is 0. The summed E-state index contributed by atoms with van der Waals surface area (Å²) in [5.41, 5.74) is 2.33. The first-order chi connectivity index (χ1) is 24.7. The molecule has 52 heavy (non-hydrogen) atoms. The van der Waals surface area contributed by atoms with Crippen molar-refractivity contribution >= 4 is 18.9 Å². The van der Waals surface area contributed by atoms with E-state index in [-0.39, 0.29) is 0 Å². The van der Waals surface area contributed by atoms with Crippen molar-refractivity contribution < 1.29 is 9.05 Å². The van der Waals surface area contributed by atoms with Gasteiger partial charge < -0.3 is 9.05 Å². The molecular weight excluding hydrogens is 670 g/mol. The van der Waals surface area contributed by atoms with E-state index in [1.807, 2.05) is 0 Å². The average molecular weight is 757 g/mol. The van der Waals surface area contributed by atoms with E-state index in [1.165, 1.54) is 116 Å². The average Bonchev–Trinajstić information content (AvgIpc) is 3.68. The Morgan fingerprint density at radius 1 is 0.500 bits per heavy atom. The Labute approximate surface area is 328 Å². The van der Waals surface area contributed by atoms with Gasteiger partial charge in [-0.15, -0.1) is 0 Å². The normalized spacial score (nSPS) is 54.9. The zero-order chi connectivity index (χ0) is 37.4. The van der Waals surface area contributed by atoms with Crippen LogP contribution in [0, 0.1) is 105 Å². The van der Waals surface area contributed by atoms with Gasteiger partial charge in [0, 0.05) is 18.9 Å². The Balaban J connectivity index is 0.000000162. The van der Waals surface area contributed by atoms with Crippen molar-refractivity contribution in [1.82, 2.24) is 0 Å². The van der Waals surface area contributed by atoms with Gasteiger partial charge in [0.1, 0.15) is 0 Å². The molecule has 0 N–H and O–H groups in total. The molecule has 0 aromatic carbocycles. The van der Waals surface area contributed by atoms with Crippen molar-refractivity contribution in [3.05, 3.63) is 0 Å². The van der Waals surface area contributed by atoms with E-state index in [9.17, 15) is 0 Å². The van der Waals surface area contributed by atoms with Gasteiger partial charge in [-0.3, -0.25) is 0 Å². The van der Waals surface area contributed by atoms with Gasteiger partial charge in [0.25, 0.3) is 0 Å². The van der Waals surface area contributed by atoms with Crippen LogP contribution in [0.15, 0.2) is 0 Å². The molecule has 0 heterocycles. The largest absolute Gasteiger partial charge is 0.362 e. The van der Waals surface area contributed by atoms with Gasteiger partial charge in [-0.1, -0.05) is 94.9 Å². The minimum atomic E-state index is 0.494. The predicted octanol–water partition coefficient (Wildman–Crippen LogP) is 14.2. The molecule has 0 aromatic rings. The van der Waals surface area contributed by atoms with Crippen molar-refractivity contribution in [2.75, 3.05) is 0 Å². The fourth-order valence-electron chi connectivity index (χ4n) is 17.6. The zero-order valence-electron chi connectivity index (χ0n) is 35.9. The maximum absolute atomic E-state index is 6.18. The highest BCUT2D eigenvalue weighted by Gasteiger charge is 2.64. The molecule has 4 heteroatoms. The van der Waals surface area contributed by atoms with E-state index in [0.717, 1.165) is 82.9 Å². The molecule has 8 aliphatic rings. The Morgan fingerprint density at radius 3 is 1.19 bits per heavy atom. The lowest BCUT2D eigenvalue weighted by atomic mass is 9.43. The topological polar surface area (TPSA) is 18.5 Å². The van der Waals surface area contributed by atoms with Gasteiger partial charge in [0.15, 0.2) is 0 Å². The maximum Gasteiger partial charge on any atom is 0.0647 e. The fourth-order valence-corrected chi connectivity index (χ4v) is 18.2. The first-order valence-corrected chi connectivity index (χ1v) is 24.3. The molecule has 300 valence electrons. The molecule has 2 nitrogen and oxygen atoms in total. The summed E-state index contributed by atoms with van der Waals surface area (Å²) in [6, 6.07) is 0. The SMILES string of the molecule is CC[C@@H](C)[C@H]1CCC2[C@@H]3C(OP)C[C@@H]4C[C@H](C)CC[C@]4(C)C3CC[C@@]21C.CC[C@@H](C)[C@H]1CCC2[C@@H]3C(OP)C[C@@H]4C[C@H](C)CC[C@]4(C)C3CC[C@@]21C. The van der Waals surface area contributed by atoms with Crippen LogP contribution in [0.2, 0.25) is 0 Å². The van der Waals surface area contributed by atoms with Crippen LogP contribution in [0.5, 0.6) is 0 Å². The standard InChI is InChI=1S/2C24H43OP/c2*1-6-16(3)18-7-8-19-22-20(10-12-24(18,19)5)23(4)11-9-15(2)13-17(23)14-21(22)25-26/h2*15-22H,6-14,26H2,1-5H3/t2*15-,16-,17+,18-,19?,20?,21?,22+,23+,24-/m11/s1. The minimum Gasteiger partial charge on any atom is -0.362 e. The first kappa shape index (κ1) is 41.0. The second-order valence-corrected chi connectivity index (χ2v) is 23.3. The molecule has 0 saturated heterocycles. The number of hydrogen-bond donors (Lipinski definition) is 0. The Bertz CT molecular complexity index is 1130. The fraction of sp³-hybridized carbons (Fsp3) is 1.00. The van der Waals surface area contributed by atoms with Crippen LogP contribution in [0.25, 0.3) is 0 Å². The van der Waals surface area contributed by atoms with Crippen LogP contribution in [-0.4, -0.2) is 12.2 Å². The van der Waals surface area contributed by atoms with Crippen molar-refractivity contribution in [2.45, 2.75) is 197 Å². The molecule has 0 spiro atoms. The van der Waals surface area contributed by atoms with Crippen molar-refractivity contribution in [3.8, 4) is 0 Å².